The molecule has 2 aliphatic rings. The van der Waals surface area contributed by atoms with Crippen LogP contribution in [0.3, 0.4) is 0 Å². The lowest BCUT2D eigenvalue weighted by Crippen LogP contribution is -2.68. The van der Waals surface area contributed by atoms with Crippen LogP contribution in [0.25, 0.3) is 0 Å². The Morgan fingerprint density at radius 2 is 1.88 bits per heavy atom. The molecule has 1 aliphatic carbocycles. The lowest BCUT2D eigenvalue weighted by atomic mass is 9.55. The van der Waals surface area contributed by atoms with Crippen LogP contribution in [0.4, 0.5) is 0 Å². The van der Waals surface area contributed by atoms with E-state index in [1.165, 1.54) is 0 Å². The van der Waals surface area contributed by atoms with Gasteiger partial charge in [0.25, 0.3) is 0 Å². The van der Waals surface area contributed by atoms with Gasteiger partial charge >= 0.3 is 0 Å². The second-order valence-corrected chi connectivity index (χ2v) is 8.76. The van der Waals surface area contributed by atoms with Gasteiger partial charge in [-0.1, -0.05) is 13.8 Å². The van der Waals surface area contributed by atoms with E-state index in [-0.39, 0.29) is 16.9 Å². The zero-order valence-corrected chi connectivity index (χ0v) is 16.7. The molecule has 140 valence electrons. The lowest BCUT2D eigenvalue weighted by molar-refractivity contribution is -0.205. The van der Waals surface area contributed by atoms with Crippen molar-refractivity contribution in [2.45, 2.75) is 77.6 Å². The molecule has 5 nitrogen and oxygen atoms in total. The zero-order chi connectivity index (χ0) is 18.1. The van der Waals surface area contributed by atoms with Crippen molar-refractivity contribution in [3.8, 4) is 0 Å². The van der Waals surface area contributed by atoms with Crippen LogP contribution in [0.1, 0.15) is 53.9 Å². The van der Waals surface area contributed by atoms with Gasteiger partial charge in [-0.2, -0.15) is 0 Å². The number of amides is 1. The first kappa shape index (κ1) is 19.7. The monoisotopic (exact) mass is 339 g/mol. The summed E-state index contributed by atoms with van der Waals surface area (Å²) in [5.41, 5.74) is -0.0362. The summed E-state index contributed by atoms with van der Waals surface area (Å²) in [5.74, 6) is 0.155. The maximum atomic E-state index is 12.4. The predicted molar refractivity (Wildman–Crippen MR) is 98.1 cm³/mol. The Morgan fingerprint density at radius 3 is 2.33 bits per heavy atom. The van der Waals surface area contributed by atoms with Crippen LogP contribution < -0.4 is 5.32 Å². The average molecular weight is 340 g/mol. The second-order valence-electron chi connectivity index (χ2n) is 8.76. The van der Waals surface area contributed by atoms with Crippen molar-refractivity contribution in [3.63, 3.8) is 0 Å². The molecule has 0 aromatic rings. The topological polar surface area (TPSA) is 44.8 Å². The summed E-state index contributed by atoms with van der Waals surface area (Å²) in [5, 5.41) is 3.24. The van der Waals surface area contributed by atoms with Gasteiger partial charge in [-0.15, -0.1) is 0 Å². The zero-order valence-electron chi connectivity index (χ0n) is 16.7. The van der Waals surface area contributed by atoms with E-state index in [9.17, 15) is 4.79 Å². The van der Waals surface area contributed by atoms with E-state index >= 15 is 0 Å². The molecule has 1 aliphatic heterocycles. The Hall–Kier alpha value is -0.650. The number of likely N-dealkylation sites (tertiary alicyclic amines) is 1. The lowest BCUT2D eigenvalue weighted by Gasteiger charge is -2.61. The van der Waals surface area contributed by atoms with Gasteiger partial charge < -0.3 is 15.0 Å². The number of hydrogen-bond donors (Lipinski definition) is 1. The maximum Gasteiger partial charge on any atom is 0.234 e. The first-order valence-electron chi connectivity index (χ1n) is 9.39. The average Bonchev–Trinajstić information content (AvgIpc) is 2.52. The minimum Gasteiger partial charge on any atom is -0.378 e. The largest absolute Gasteiger partial charge is 0.378 e. The number of carbonyl (C=O) groups excluding carboxylic acids is 1. The molecular formula is C19H37N3O2. The molecule has 5 heteroatoms. The Kier molecular flexibility index (Phi) is 5.99. The SMILES string of the molecule is CO[C@]1(C)C[C@@H](N(C)CC(=O)NC2CCN(C(C)C)CC2)C1(C)C. The highest BCUT2D eigenvalue weighted by molar-refractivity contribution is 5.78. The molecule has 0 aromatic heterocycles. The van der Waals surface area contributed by atoms with Gasteiger partial charge in [0.2, 0.25) is 5.91 Å². The Bertz CT molecular complexity index is 444. The smallest absolute Gasteiger partial charge is 0.234 e. The van der Waals surface area contributed by atoms with Crippen LogP contribution in [0, 0.1) is 5.41 Å². The number of likely N-dealkylation sites (N-methyl/N-ethyl adjacent to an activating group) is 1. The van der Waals surface area contributed by atoms with E-state index in [2.05, 4.69) is 56.8 Å². The number of methoxy groups -OCH3 is 1. The number of carbonyl (C=O) groups is 1. The molecule has 1 saturated heterocycles. The Labute approximate surface area is 148 Å². The molecular weight excluding hydrogens is 302 g/mol. The first-order chi connectivity index (χ1) is 11.1. The van der Waals surface area contributed by atoms with Crippen LogP contribution in [-0.2, 0) is 9.53 Å². The van der Waals surface area contributed by atoms with E-state index in [1.807, 2.05) is 0 Å². The first-order valence-corrected chi connectivity index (χ1v) is 9.39. The van der Waals surface area contributed by atoms with Gasteiger partial charge in [0, 0.05) is 43.7 Å². The molecule has 0 radical (unpaired) electrons. The minimum absolute atomic E-state index is 0.0549. The molecule has 2 atom stereocenters. The normalized spacial score (nSPS) is 31.3. The molecule has 24 heavy (non-hydrogen) atoms. The quantitative estimate of drug-likeness (QED) is 0.805. The van der Waals surface area contributed by atoms with Crippen molar-refractivity contribution >= 4 is 5.91 Å². The van der Waals surface area contributed by atoms with Crippen LogP contribution >= 0.6 is 0 Å². The maximum absolute atomic E-state index is 12.4. The van der Waals surface area contributed by atoms with Crippen molar-refractivity contribution in [2.75, 3.05) is 33.8 Å². The van der Waals surface area contributed by atoms with Crippen LogP contribution in [-0.4, -0.2) is 73.2 Å². The number of nitrogens with zero attached hydrogens (tertiary/aromatic N) is 2. The third-order valence-corrected chi connectivity index (χ3v) is 6.78. The third-order valence-electron chi connectivity index (χ3n) is 6.78. The van der Waals surface area contributed by atoms with Gasteiger partial charge in [0.15, 0.2) is 0 Å². The highest BCUT2D eigenvalue weighted by Gasteiger charge is 2.59. The van der Waals surface area contributed by atoms with E-state index in [4.69, 9.17) is 4.74 Å². The third kappa shape index (κ3) is 3.78. The highest BCUT2D eigenvalue weighted by Crippen LogP contribution is 2.53. The Morgan fingerprint density at radius 1 is 1.29 bits per heavy atom. The molecule has 0 unspecified atom stereocenters. The van der Waals surface area contributed by atoms with Crippen molar-refractivity contribution in [3.05, 3.63) is 0 Å². The fourth-order valence-electron chi connectivity index (χ4n) is 4.33. The molecule has 0 spiro atoms. The summed E-state index contributed by atoms with van der Waals surface area (Å²) < 4.78 is 5.69. The van der Waals surface area contributed by atoms with Crippen molar-refractivity contribution in [1.29, 1.82) is 0 Å². The summed E-state index contributed by atoms with van der Waals surface area (Å²) in [6.45, 7) is 13.8. The number of hydrogen-bond acceptors (Lipinski definition) is 4. The molecule has 2 fully saturated rings. The summed E-state index contributed by atoms with van der Waals surface area (Å²) >= 11 is 0. The van der Waals surface area contributed by atoms with Crippen LogP contribution in [0.2, 0.25) is 0 Å². The number of rotatable bonds is 6. The van der Waals surface area contributed by atoms with Gasteiger partial charge in [-0.25, -0.2) is 0 Å². The van der Waals surface area contributed by atoms with Gasteiger partial charge in [0.1, 0.15) is 0 Å². The molecule has 1 amide bonds. The van der Waals surface area contributed by atoms with Crippen LogP contribution in [0.15, 0.2) is 0 Å². The predicted octanol–water partition coefficient (Wildman–Crippen LogP) is 2.11. The molecule has 1 heterocycles. The van der Waals surface area contributed by atoms with E-state index in [0.717, 1.165) is 32.4 Å². The fraction of sp³-hybridized carbons (Fsp3) is 0.947. The summed E-state index contributed by atoms with van der Waals surface area (Å²) in [4.78, 5) is 17.1. The fourth-order valence-corrected chi connectivity index (χ4v) is 4.33. The van der Waals surface area contributed by atoms with E-state index in [0.29, 0.717) is 24.7 Å². The number of ether oxygens (including phenoxy) is 1. The standard InChI is InChI=1S/C19H37N3O2/c1-14(2)22-10-8-15(9-11-22)20-17(23)13-21(6)16-12-19(5,24-7)18(16,3)4/h14-16H,8-13H2,1-7H3,(H,20,23)/t16-,19-/m1/s1. The molecule has 1 saturated carbocycles. The number of nitrogens with one attached hydrogen (secondary N) is 1. The highest BCUT2D eigenvalue weighted by atomic mass is 16.5. The summed E-state index contributed by atoms with van der Waals surface area (Å²) in [6.07, 6.45) is 3.10. The van der Waals surface area contributed by atoms with E-state index < -0.39 is 0 Å². The molecule has 2 rings (SSSR count). The molecule has 0 bridgehead atoms. The minimum atomic E-state index is -0.0912. The molecule has 0 aromatic carbocycles. The van der Waals surface area contributed by atoms with Crippen molar-refractivity contribution in [2.24, 2.45) is 5.41 Å². The van der Waals surface area contributed by atoms with Crippen molar-refractivity contribution < 1.29 is 9.53 Å². The van der Waals surface area contributed by atoms with Gasteiger partial charge in [-0.05, 0) is 47.1 Å². The summed E-state index contributed by atoms with van der Waals surface area (Å²) in [7, 11) is 3.84. The van der Waals surface area contributed by atoms with Gasteiger partial charge in [0.05, 0.1) is 12.1 Å². The van der Waals surface area contributed by atoms with Gasteiger partial charge in [-0.3, -0.25) is 9.69 Å². The number of piperidine rings is 1. The summed E-state index contributed by atoms with van der Waals surface area (Å²) in [6, 6.07) is 1.32. The van der Waals surface area contributed by atoms with Crippen LogP contribution in [0.5, 0.6) is 0 Å². The second kappa shape index (κ2) is 7.30. The van der Waals surface area contributed by atoms with Crippen molar-refractivity contribution in [1.82, 2.24) is 15.1 Å². The Balaban J connectivity index is 1.77. The van der Waals surface area contributed by atoms with E-state index in [1.54, 1.807) is 7.11 Å². The molecule has 1 N–H and O–H groups in total.